The third-order valence-corrected chi connectivity index (χ3v) is 4.01. The van der Waals surface area contributed by atoms with Crippen LogP contribution in [0.4, 0.5) is 0 Å². The zero-order valence-corrected chi connectivity index (χ0v) is 10.4. The van der Waals surface area contributed by atoms with Gasteiger partial charge < -0.3 is 5.11 Å². The van der Waals surface area contributed by atoms with Crippen molar-refractivity contribution in [2.24, 2.45) is 0 Å². The highest BCUT2D eigenvalue weighted by Gasteiger charge is 2.16. The lowest BCUT2D eigenvalue weighted by Crippen LogP contribution is -1.95. The molecular formula is C13H10N2O2S. The Hall–Kier alpha value is -2.14. The second kappa shape index (κ2) is 3.96. The van der Waals surface area contributed by atoms with Crippen LogP contribution in [-0.2, 0) is 0 Å². The summed E-state index contributed by atoms with van der Waals surface area (Å²) in [5.41, 5.74) is 1.97. The summed E-state index contributed by atoms with van der Waals surface area (Å²) >= 11 is 1.57. The molecule has 0 bridgehead atoms. The smallest absolute Gasteiger partial charge is 0.339 e. The normalized spacial score (nSPS) is 10.9. The maximum absolute atomic E-state index is 11.1. The number of carbonyl (C=O) groups is 1. The average molecular weight is 258 g/mol. The Balaban J connectivity index is 2.23. The highest BCUT2D eigenvalue weighted by atomic mass is 32.1. The Bertz CT molecular complexity index is 742. The van der Waals surface area contributed by atoms with E-state index in [1.165, 1.54) is 11.8 Å². The lowest BCUT2D eigenvalue weighted by atomic mass is 10.1. The zero-order chi connectivity index (χ0) is 12.7. The van der Waals surface area contributed by atoms with Crippen LogP contribution in [0, 0.1) is 6.92 Å². The van der Waals surface area contributed by atoms with Gasteiger partial charge in [-0.2, -0.15) is 5.10 Å². The summed E-state index contributed by atoms with van der Waals surface area (Å²) in [7, 11) is 0. The standard InChI is InChI=1S/C13H10N2O2S/c1-7-3-2-4-10-8(7)5-11(18-10)12-9(13(16)17)6-14-15-12/h2-6H,1H3,(H,14,15)(H,16,17). The molecule has 1 aromatic carbocycles. The van der Waals surface area contributed by atoms with Gasteiger partial charge in [-0.05, 0) is 30.0 Å². The van der Waals surface area contributed by atoms with E-state index < -0.39 is 5.97 Å². The number of nitrogens with zero attached hydrogens (tertiary/aromatic N) is 1. The zero-order valence-electron chi connectivity index (χ0n) is 9.60. The number of nitrogens with one attached hydrogen (secondary N) is 1. The minimum atomic E-state index is -0.965. The summed E-state index contributed by atoms with van der Waals surface area (Å²) in [5.74, 6) is -0.965. The molecule has 0 radical (unpaired) electrons. The van der Waals surface area contributed by atoms with Crippen LogP contribution in [0.1, 0.15) is 15.9 Å². The van der Waals surface area contributed by atoms with Crippen LogP contribution < -0.4 is 0 Å². The summed E-state index contributed by atoms with van der Waals surface area (Å²) in [6, 6.07) is 8.09. The Morgan fingerprint density at radius 1 is 1.44 bits per heavy atom. The molecule has 2 heterocycles. The molecule has 2 N–H and O–H groups in total. The number of thiophene rings is 1. The number of H-pyrrole nitrogens is 1. The first-order chi connectivity index (χ1) is 8.66. The average Bonchev–Trinajstić information content (AvgIpc) is 2.95. The predicted molar refractivity (Wildman–Crippen MR) is 71.1 cm³/mol. The number of aromatic amines is 1. The first-order valence-corrected chi connectivity index (χ1v) is 6.24. The molecule has 0 spiro atoms. The summed E-state index contributed by atoms with van der Waals surface area (Å²) in [6.07, 6.45) is 1.34. The van der Waals surface area contributed by atoms with Gasteiger partial charge in [0.25, 0.3) is 0 Å². The van der Waals surface area contributed by atoms with Crippen molar-refractivity contribution in [2.75, 3.05) is 0 Å². The number of aryl methyl sites for hydroxylation is 1. The van der Waals surface area contributed by atoms with Crippen LogP contribution in [0.25, 0.3) is 20.7 Å². The van der Waals surface area contributed by atoms with E-state index in [0.717, 1.165) is 15.0 Å². The Morgan fingerprint density at radius 3 is 3.00 bits per heavy atom. The van der Waals surface area contributed by atoms with Crippen LogP contribution in [0.15, 0.2) is 30.5 Å². The van der Waals surface area contributed by atoms with Crippen molar-refractivity contribution in [1.82, 2.24) is 10.2 Å². The second-order valence-corrected chi connectivity index (χ2v) is 5.14. The number of hydrogen-bond donors (Lipinski definition) is 2. The fraction of sp³-hybridized carbons (Fsp3) is 0.0769. The number of carboxylic acid groups (broad SMARTS) is 1. The number of carboxylic acids is 1. The molecular weight excluding hydrogens is 248 g/mol. The highest BCUT2D eigenvalue weighted by Crippen LogP contribution is 2.35. The highest BCUT2D eigenvalue weighted by molar-refractivity contribution is 7.22. The summed E-state index contributed by atoms with van der Waals surface area (Å²) in [6.45, 7) is 2.05. The number of fused-ring (bicyclic) bond motifs is 1. The molecule has 90 valence electrons. The van der Waals surface area contributed by atoms with Crippen molar-refractivity contribution in [3.05, 3.63) is 41.6 Å². The van der Waals surface area contributed by atoms with Crippen molar-refractivity contribution in [2.45, 2.75) is 6.92 Å². The topological polar surface area (TPSA) is 66.0 Å². The van der Waals surface area contributed by atoms with E-state index >= 15 is 0 Å². The van der Waals surface area contributed by atoms with Gasteiger partial charge in [0.05, 0.1) is 16.8 Å². The van der Waals surface area contributed by atoms with Crippen molar-refractivity contribution in [3.8, 4) is 10.6 Å². The van der Waals surface area contributed by atoms with Gasteiger partial charge in [-0.3, -0.25) is 5.10 Å². The largest absolute Gasteiger partial charge is 0.478 e. The Kier molecular flexibility index (Phi) is 2.41. The summed E-state index contributed by atoms with van der Waals surface area (Å²) in [5, 5.41) is 16.8. The molecule has 18 heavy (non-hydrogen) atoms. The van der Waals surface area contributed by atoms with Gasteiger partial charge in [0.1, 0.15) is 5.56 Å². The number of hydrogen-bond acceptors (Lipinski definition) is 3. The first kappa shape index (κ1) is 11.0. The van der Waals surface area contributed by atoms with E-state index in [1.807, 2.05) is 31.2 Å². The van der Waals surface area contributed by atoms with Gasteiger partial charge in [0.2, 0.25) is 0 Å². The summed E-state index contributed by atoms with van der Waals surface area (Å²) in [4.78, 5) is 12.0. The van der Waals surface area contributed by atoms with Crippen LogP contribution in [0.2, 0.25) is 0 Å². The van der Waals surface area contributed by atoms with Gasteiger partial charge in [-0.1, -0.05) is 12.1 Å². The molecule has 0 saturated carbocycles. The van der Waals surface area contributed by atoms with Gasteiger partial charge in [-0.15, -0.1) is 11.3 Å². The fourth-order valence-corrected chi connectivity index (χ4v) is 3.11. The molecule has 0 unspecified atom stereocenters. The molecule has 0 amide bonds. The van der Waals surface area contributed by atoms with Gasteiger partial charge in [-0.25, -0.2) is 4.79 Å². The van der Waals surface area contributed by atoms with Gasteiger partial charge >= 0.3 is 5.97 Å². The monoisotopic (exact) mass is 258 g/mol. The van der Waals surface area contributed by atoms with E-state index in [-0.39, 0.29) is 5.56 Å². The minimum Gasteiger partial charge on any atom is -0.478 e. The first-order valence-electron chi connectivity index (χ1n) is 5.43. The van der Waals surface area contributed by atoms with Crippen molar-refractivity contribution < 1.29 is 9.90 Å². The molecule has 2 aromatic heterocycles. The maximum Gasteiger partial charge on any atom is 0.339 e. The van der Waals surface area contributed by atoms with Gasteiger partial charge in [0.15, 0.2) is 0 Å². The molecule has 0 saturated heterocycles. The molecule has 0 aliphatic heterocycles. The predicted octanol–water partition coefficient (Wildman–Crippen LogP) is 3.30. The molecule has 3 aromatic rings. The van der Waals surface area contributed by atoms with Gasteiger partial charge in [0, 0.05) is 4.70 Å². The van der Waals surface area contributed by atoms with E-state index in [2.05, 4.69) is 10.2 Å². The van der Waals surface area contributed by atoms with Crippen molar-refractivity contribution in [3.63, 3.8) is 0 Å². The number of benzene rings is 1. The Labute approximate surface area is 107 Å². The van der Waals surface area contributed by atoms with E-state index in [0.29, 0.717) is 5.69 Å². The molecule has 0 aliphatic rings. The number of aromatic nitrogens is 2. The number of rotatable bonds is 2. The Morgan fingerprint density at radius 2 is 2.28 bits per heavy atom. The fourth-order valence-electron chi connectivity index (χ4n) is 1.97. The van der Waals surface area contributed by atoms with E-state index in [4.69, 9.17) is 5.11 Å². The third-order valence-electron chi connectivity index (χ3n) is 2.90. The van der Waals surface area contributed by atoms with Crippen LogP contribution >= 0.6 is 11.3 Å². The molecule has 0 aliphatic carbocycles. The van der Waals surface area contributed by atoms with Crippen molar-refractivity contribution in [1.29, 1.82) is 0 Å². The lowest BCUT2D eigenvalue weighted by Gasteiger charge is -1.93. The van der Waals surface area contributed by atoms with E-state index in [1.54, 1.807) is 11.3 Å². The summed E-state index contributed by atoms with van der Waals surface area (Å²) < 4.78 is 1.15. The molecule has 3 rings (SSSR count). The molecule has 4 nitrogen and oxygen atoms in total. The quantitative estimate of drug-likeness (QED) is 0.741. The van der Waals surface area contributed by atoms with Crippen LogP contribution in [0.3, 0.4) is 0 Å². The third kappa shape index (κ3) is 1.60. The van der Waals surface area contributed by atoms with E-state index in [9.17, 15) is 4.79 Å². The van der Waals surface area contributed by atoms with Crippen LogP contribution in [0.5, 0.6) is 0 Å². The van der Waals surface area contributed by atoms with Crippen molar-refractivity contribution >= 4 is 27.4 Å². The SMILES string of the molecule is Cc1cccc2sc(-c3[nH]ncc3C(=O)O)cc12. The van der Waals surface area contributed by atoms with Crippen LogP contribution in [-0.4, -0.2) is 21.3 Å². The molecule has 5 heteroatoms. The molecule has 0 fully saturated rings. The number of aromatic carboxylic acids is 1. The minimum absolute atomic E-state index is 0.208. The molecule has 0 atom stereocenters. The second-order valence-electron chi connectivity index (χ2n) is 4.06. The maximum atomic E-state index is 11.1. The lowest BCUT2D eigenvalue weighted by molar-refractivity contribution is 0.0698.